The first-order valence-electron chi connectivity index (χ1n) is 7.21. The molecule has 3 rings (SSSR count). The first-order chi connectivity index (χ1) is 11.1. The minimum Gasteiger partial charge on any atom is -0.495 e. The van der Waals surface area contributed by atoms with E-state index in [2.05, 4.69) is 0 Å². The van der Waals surface area contributed by atoms with E-state index in [0.717, 1.165) is 22.9 Å². The van der Waals surface area contributed by atoms with E-state index in [1.165, 1.54) is 0 Å². The van der Waals surface area contributed by atoms with Crippen molar-refractivity contribution in [2.24, 2.45) is 14.1 Å². The number of benzene rings is 1. The van der Waals surface area contributed by atoms with Crippen molar-refractivity contribution >= 4 is 23.8 Å². The van der Waals surface area contributed by atoms with Crippen LogP contribution in [0.1, 0.15) is 11.6 Å². The fourth-order valence-corrected chi connectivity index (χ4v) is 2.67. The van der Waals surface area contributed by atoms with Gasteiger partial charge in [0.15, 0.2) is 0 Å². The third-order valence-corrected chi connectivity index (χ3v) is 3.99. The van der Waals surface area contributed by atoms with Crippen molar-refractivity contribution in [2.75, 3.05) is 7.11 Å². The molecule has 0 bridgehead atoms. The van der Waals surface area contributed by atoms with E-state index >= 15 is 0 Å². The van der Waals surface area contributed by atoms with Crippen LogP contribution in [0.25, 0.3) is 23.5 Å². The largest absolute Gasteiger partial charge is 0.495 e. The van der Waals surface area contributed by atoms with Crippen LogP contribution in [0.15, 0.2) is 47.1 Å². The summed E-state index contributed by atoms with van der Waals surface area (Å²) in [6.07, 6.45) is 7.98. The topological polar surface area (TPSA) is 31.2 Å². The van der Waals surface area contributed by atoms with Gasteiger partial charge in [-0.2, -0.15) is 0 Å². The Kier molecular flexibility index (Phi) is 4.26. The molecule has 0 aliphatic rings. The van der Waals surface area contributed by atoms with Gasteiger partial charge in [0, 0.05) is 11.6 Å². The Bertz CT molecular complexity index is 842. The van der Waals surface area contributed by atoms with Gasteiger partial charge in [-0.25, -0.2) is 9.13 Å². The molecule has 1 aromatic carbocycles. The quantitative estimate of drug-likeness (QED) is 0.679. The third-order valence-electron chi connectivity index (χ3n) is 3.70. The van der Waals surface area contributed by atoms with E-state index in [-0.39, 0.29) is 0 Å². The standard InChI is InChI=1S/C18H18ClN2O2/c1-20-10-11-21(2)18(20)9-6-14-5-8-16(23-14)13-4-7-17(22-3)15(19)12-13/h4-12H,1-3H3/q+1/b9-6+. The van der Waals surface area contributed by atoms with Crippen molar-refractivity contribution < 1.29 is 13.7 Å². The number of methoxy groups -OCH3 is 1. The summed E-state index contributed by atoms with van der Waals surface area (Å²) in [4.78, 5) is 0. The van der Waals surface area contributed by atoms with Crippen LogP contribution >= 0.6 is 11.6 Å². The van der Waals surface area contributed by atoms with Crippen molar-refractivity contribution in [3.05, 3.63) is 59.3 Å². The average Bonchev–Trinajstić information content (AvgIpc) is 3.13. The SMILES string of the molecule is COc1ccc(-c2ccc(/C=C/c3n(C)cc[n+]3C)o2)cc1Cl. The Morgan fingerprint density at radius 3 is 2.70 bits per heavy atom. The molecular formula is C18H18ClN2O2+. The van der Waals surface area contributed by atoms with Gasteiger partial charge in [0.25, 0.3) is 5.82 Å². The summed E-state index contributed by atoms with van der Waals surface area (Å²) < 4.78 is 15.1. The molecule has 23 heavy (non-hydrogen) atoms. The van der Waals surface area contributed by atoms with Gasteiger partial charge >= 0.3 is 0 Å². The number of ether oxygens (including phenoxy) is 1. The van der Waals surface area contributed by atoms with Gasteiger partial charge in [-0.05, 0) is 36.4 Å². The number of aryl methyl sites for hydroxylation is 2. The second-order valence-corrected chi connectivity index (χ2v) is 5.67. The molecule has 0 saturated heterocycles. The third kappa shape index (κ3) is 3.17. The summed E-state index contributed by atoms with van der Waals surface area (Å²) in [7, 11) is 5.61. The molecule has 0 spiro atoms. The van der Waals surface area contributed by atoms with Crippen molar-refractivity contribution in [2.45, 2.75) is 0 Å². The summed E-state index contributed by atoms with van der Waals surface area (Å²) in [5.41, 5.74) is 0.917. The normalized spacial score (nSPS) is 11.3. The molecule has 0 aliphatic carbocycles. The molecule has 5 heteroatoms. The summed E-state index contributed by atoms with van der Waals surface area (Å²) in [5, 5.41) is 0.564. The van der Waals surface area contributed by atoms with Gasteiger partial charge < -0.3 is 9.15 Å². The number of rotatable bonds is 4. The van der Waals surface area contributed by atoms with E-state index in [4.69, 9.17) is 20.8 Å². The summed E-state index contributed by atoms with van der Waals surface area (Å²) in [5.74, 6) is 3.28. The molecule has 3 aromatic rings. The molecule has 0 atom stereocenters. The molecule has 2 heterocycles. The molecule has 0 fully saturated rings. The van der Waals surface area contributed by atoms with Crippen LogP contribution in [-0.2, 0) is 14.1 Å². The molecule has 0 amide bonds. The number of hydrogen-bond donors (Lipinski definition) is 0. The highest BCUT2D eigenvalue weighted by molar-refractivity contribution is 6.32. The van der Waals surface area contributed by atoms with Crippen LogP contribution in [0.5, 0.6) is 5.75 Å². The average molecular weight is 330 g/mol. The van der Waals surface area contributed by atoms with Crippen molar-refractivity contribution in [3.8, 4) is 17.1 Å². The summed E-state index contributed by atoms with van der Waals surface area (Å²) >= 11 is 6.16. The lowest BCUT2D eigenvalue weighted by Crippen LogP contribution is -2.29. The van der Waals surface area contributed by atoms with E-state index in [1.54, 1.807) is 7.11 Å². The highest BCUT2D eigenvalue weighted by atomic mass is 35.5. The van der Waals surface area contributed by atoms with E-state index in [0.29, 0.717) is 10.8 Å². The van der Waals surface area contributed by atoms with Gasteiger partial charge in [0.05, 0.1) is 26.2 Å². The molecule has 0 aliphatic heterocycles. The van der Waals surface area contributed by atoms with E-state index < -0.39 is 0 Å². The minimum absolute atomic E-state index is 0.564. The Balaban J connectivity index is 1.85. The highest BCUT2D eigenvalue weighted by Gasteiger charge is 2.09. The summed E-state index contributed by atoms with van der Waals surface area (Å²) in [6, 6.07) is 9.47. The number of halogens is 1. The second kappa shape index (κ2) is 6.34. The predicted octanol–water partition coefficient (Wildman–Crippen LogP) is 3.94. The maximum absolute atomic E-state index is 6.16. The van der Waals surface area contributed by atoms with E-state index in [1.807, 2.05) is 78.1 Å². The van der Waals surface area contributed by atoms with Gasteiger partial charge in [0.1, 0.15) is 29.7 Å². The number of hydrogen-bond acceptors (Lipinski definition) is 2. The van der Waals surface area contributed by atoms with E-state index in [9.17, 15) is 0 Å². The highest BCUT2D eigenvalue weighted by Crippen LogP contribution is 2.31. The zero-order chi connectivity index (χ0) is 16.4. The Hall–Kier alpha value is -2.46. The lowest BCUT2D eigenvalue weighted by molar-refractivity contribution is -0.672. The first-order valence-corrected chi connectivity index (χ1v) is 7.59. The van der Waals surface area contributed by atoms with Gasteiger partial charge in [0.2, 0.25) is 0 Å². The fraction of sp³-hybridized carbons (Fsp3) is 0.167. The summed E-state index contributed by atoms with van der Waals surface area (Å²) in [6.45, 7) is 0. The maximum atomic E-state index is 6.16. The molecule has 2 aromatic heterocycles. The van der Waals surface area contributed by atoms with Crippen molar-refractivity contribution in [1.82, 2.24) is 4.57 Å². The smallest absolute Gasteiger partial charge is 0.281 e. The molecule has 118 valence electrons. The molecule has 4 nitrogen and oxygen atoms in total. The van der Waals surface area contributed by atoms with Crippen LogP contribution in [0, 0.1) is 0 Å². The number of imidazole rings is 1. The number of nitrogens with zero attached hydrogens (tertiary/aromatic N) is 2. The Morgan fingerprint density at radius 1 is 1.22 bits per heavy atom. The van der Waals surface area contributed by atoms with Crippen LogP contribution in [0.3, 0.4) is 0 Å². The van der Waals surface area contributed by atoms with Crippen molar-refractivity contribution in [1.29, 1.82) is 0 Å². The zero-order valence-corrected chi connectivity index (χ0v) is 14.0. The molecule has 0 N–H and O–H groups in total. The predicted molar refractivity (Wildman–Crippen MR) is 91.2 cm³/mol. The zero-order valence-electron chi connectivity index (χ0n) is 13.3. The van der Waals surface area contributed by atoms with Gasteiger partial charge in [-0.3, -0.25) is 0 Å². The van der Waals surface area contributed by atoms with Crippen LogP contribution in [-0.4, -0.2) is 11.7 Å². The second-order valence-electron chi connectivity index (χ2n) is 5.26. The molecule has 0 unspecified atom stereocenters. The van der Waals surface area contributed by atoms with Crippen molar-refractivity contribution in [3.63, 3.8) is 0 Å². The van der Waals surface area contributed by atoms with Gasteiger partial charge in [-0.15, -0.1) is 0 Å². The minimum atomic E-state index is 0.564. The lowest BCUT2D eigenvalue weighted by atomic mass is 10.2. The number of furan rings is 1. The molecule has 0 saturated carbocycles. The van der Waals surface area contributed by atoms with Gasteiger partial charge in [-0.1, -0.05) is 11.6 Å². The Morgan fingerprint density at radius 2 is 2.04 bits per heavy atom. The molecule has 0 radical (unpaired) electrons. The Labute approximate surface area is 140 Å². The number of aromatic nitrogens is 2. The van der Waals surface area contributed by atoms with Crippen LogP contribution in [0.4, 0.5) is 0 Å². The van der Waals surface area contributed by atoms with Crippen LogP contribution < -0.4 is 9.30 Å². The molecular weight excluding hydrogens is 312 g/mol. The monoisotopic (exact) mass is 329 g/mol. The first kappa shape index (κ1) is 15.4. The maximum Gasteiger partial charge on any atom is 0.281 e. The van der Waals surface area contributed by atoms with Crippen LogP contribution in [0.2, 0.25) is 5.02 Å². The fourth-order valence-electron chi connectivity index (χ4n) is 2.41. The lowest BCUT2D eigenvalue weighted by Gasteiger charge is -2.04.